The number of rotatable bonds is 1. The summed E-state index contributed by atoms with van der Waals surface area (Å²) in [7, 11) is 3.29. The second-order valence-electron chi connectivity index (χ2n) is 3.23. The van der Waals surface area contributed by atoms with E-state index < -0.39 is 0 Å². The van der Waals surface area contributed by atoms with E-state index in [1.807, 2.05) is 35.9 Å². The quantitative estimate of drug-likeness (QED) is 0.744. The molecule has 1 aromatic heterocycles. The van der Waals surface area contributed by atoms with E-state index in [2.05, 4.69) is 15.9 Å². The van der Waals surface area contributed by atoms with Crippen molar-refractivity contribution in [2.24, 2.45) is 7.05 Å². The fourth-order valence-corrected chi connectivity index (χ4v) is 2.22. The highest BCUT2D eigenvalue weighted by Crippen LogP contribution is 2.29. The highest BCUT2D eigenvalue weighted by atomic mass is 79.9. The van der Waals surface area contributed by atoms with Crippen LogP contribution in [0.5, 0.6) is 0 Å². The molecule has 0 unspecified atom stereocenters. The Hall–Kier alpha value is -1.29. The zero-order valence-electron chi connectivity index (χ0n) is 8.45. The van der Waals surface area contributed by atoms with Crippen molar-refractivity contribution in [3.8, 4) is 0 Å². The monoisotopic (exact) mass is 267 g/mol. The second-order valence-corrected chi connectivity index (χ2v) is 3.98. The third kappa shape index (κ3) is 1.45. The maximum Gasteiger partial charge on any atom is 0.341 e. The molecule has 2 aromatic rings. The molecule has 2 rings (SSSR count). The summed E-state index contributed by atoms with van der Waals surface area (Å²) >= 11 is 3.40. The lowest BCUT2D eigenvalue weighted by Gasteiger charge is -1.97. The van der Waals surface area contributed by atoms with Crippen LogP contribution in [0.4, 0.5) is 0 Å². The number of aryl methyl sites for hydroxylation is 1. The molecule has 0 radical (unpaired) electrons. The van der Waals surface area contributed by atoms with Gasteiger partial charge in [0.1, 0.15) is 4.60 Å². The highest BCUT2D eigenvalue weighted by Gasteiger charge is 2.19. The second kappa shape index (κ2) is 3.70. The summed E-state index contributed by atoms with van der Waals surface area (Å²) in [4.78, 5) is 11.6. The van der Waals surface area contributed by atoms with E-state index in [9.17, 15) is 4.79 Å². The van der Waals surface area contributed by atoms with Crippen molar-refractivity contribution in [3.05, 3.63) is 34.4 Å². The maximum atomic E-state index is 11.6. The lowest BCUT2D eigenvalue weighted by atomic mass is 10.2. The number of para-hydroxylation sites is 1. The molecule has 78 valence electrons. The first-order valence-corrected chi connectivity index (χ1v) is 5.27. The van der Waals surface area contributed by atoms with Crippen molar-refractivity contribution in [1.29, 1.82) is 0 Å². The molecule has 0 saturated carbocycles. The van der Waals surface area contributed by atoms with Crippen LogP contribution in [0.25, 0.3) is 10.9 Å². The molecule has 0 saturated heterocycles. The van der Waals surface area contributed by atoms with Gasteiger partial charge >= 0.3 is 5.97 Å². The Bertz CT molecular complexity index is 531. The standard InChI is InChI=1S/C11H10BrNO2/c1-13-8-6-4-3-5-7(8)9(10(13)12)11(14)15-2/h3-6H,1-2H3. The molecule has 0 bridgehead atoms. The molecule has 1 aromatic carbocycles. The molecule has 0 spiro atoms. The van der Waals surface area contributed by atoms with Crippen LogP contribution in [0.3, 0.4) is 0 Å². The molecule has 0 fully saturated rings. The number of hydrogen-bond donors (Lipinski definition) is 0. The van der Waals surface area contributed by atoms with Gasteiger partial charge in [-0.3, -0.25) is 0 Å². The molecule has 4 heteroatoms. The van der Waals surface area contributed by atoms with Crippen LogP contribution >= 0.6 is 15.9 Å². The number of carbonyl (C=O) groups excluding carboxylic acids is 1. The number of hydrogen-bond acceptors (Lipinski definition) is 2. The van der Waals surface area contributed by atoms with Gasteiger partial charge in [-0.05, 0) is 22.0 Å². The minimum absolute atomic E-state index is 0.321. The highest BCUT2D eigenvalue weighted by molar-refractivity contribution is 9.10. The molecular formula is C11H10BrNO2. The minimum atomic E-state index is -0.321. The van der Waals surface area contributed by atoms with Crippen LogP contribution < -0.4 is 0 Å². The first-order valence-electron chi connectivity index (χ1n) is 4.48. The molecule has 15 heavy (non-hydrogen) atoms. The van der Waals surface area contributed by atoms with E-state index in [1.54, 1.807) is 0 Å². The van der Waals surface area contributed by atoms with Crippen molar-refractivity contribution < 1.29 is 9.53 Å². The minimum Gasteiger partial charge on any atom is -0.465 e. The first-order chi connectivity index (χ1) is 7.16. The van der Waals surface area contributed by atoms with Crippen molar-refractivity contribution in [2.45, 2.75) is 0 Å². The summed E-state index contributed by atoms with van der Waals surface area (Å²) in [6.45, 7) is 0. The van der Waals surface area contributed by atoms with Gasteiger partial charge in [0.25, 0.3) is 0 Å². The average Bonchev–Trinajstić information content (AvgIpc) is 2.52. The van der Waals surface area contributed by atoms with Crippen molar-refractivity contribution in [3.63, 3.8) is 0 Å². The SMILES string of the molecule is COC(=O)c1c(Br)n(C)c2ccccc12. The number of fused-ring (bicyclic) bond motifs is 1. The van der Waals surface area contributed by atoms with Crippen LogP contribution in [0.1, 0.15) is 10.4 Å². The summed E-state index contributed by atoms with van der Waals surface area (Å²) in [5.41, 5.74) is 1.58. The zero-order chi connectivity index (χ0) is 11.0. The van der Waals surface area contributed by atoms with Crippen LogP contribution in [-0.2, 0) is 11.8 Å². The molecule has 0 aliphatic heterocycles. The molecule has 0 atom stereocenters. The third-order valence-electron chi connectivity index (χ3n) is 2.43. The molecule has 0 aliphatic carbocycles. The van der Waals surface area contributed by atoms with Gasteiger partial charge < -0.3 is 9.30 Å². The maximum absolute atomic E-state index is 11.6. The Morgan fingerprint density at radius 2 is 2.07 bits per heavy atom. The Balaban J connectivity index is 2.83. The molecule has 1 heterocycles. The van der Waals surface area contributed by atoms with Crippen molar-refractivity contribution in [2.75, 3.05) is 7.11 Å². The van der Waals surface area contributed by atoms with Gasteiger partial charge in [-0.2, -0.15) is 0 Å². The number of methoxy groups -OCH3 is 1. The topological polar surface area (TPSA) is 31.2 Å². The molecular weight excluding hydrogens is 258 g/mol. The van der Waals surface area contributed by atoms with E-state index in [0.29, 0.717) is 5.56 Å². The number of nitrogens with zero attached hydrogens (tertiary/aromatic N) is 1. The molecule has 0 N–H and O–H groups in total. The number of esters is 1. The summed E-state index contributed by atoms with van der Waals surface area (Å²) < 4.78 is 7.42. The fraction of sp³-hybridized carbons (Fsp3) is 0.182. The Labute approximate surface area is 95.8 Å². The average molecular weight is 268 g/mol. The molecule has 3 nitrogen and oxygen atoms in total. The summed E-state index contributed by atoms with van der Waals surface area (Å²) in [6, 6.07) is 7.72. The molecule has 0 aliphatic rings. The van der Waals surface area contributed by atoms with E-state index in [-0.39, 0.29) is 5.97 Å². The van der Waals surface area contributed by atoms with Gasteiger partial charge in [0.15, 0.2) is 0 Å². The number of aromatic nitrogens is 1. The van der Waals surface area contributed by atoms with Crippen molar-refractivity contribution in [1.82, 2.24) is 4.57 Å². The first kappa shape index (κ1) is 10.2. The zero-order valence-corrected chi connectivity index (χ0v) is 10.0. The van der Waals surface area contributed by atoms with Gasteiger partial charge in [0, 0.05) is 18.0 Å². The van der Waals surface area contributed by atoms with Crippen LogP contribution in [0, 0.1) is 0 Å². The lowest BCUT2D eigenvalue weighted by molar-refractivity contribution is 0.0601. The van der Waals surface area contributed by atoms with E-state index in [0.717, 1.165) is 15.5 Å². The van der Waals surface area contributed by atoms with Gasteiger partial charge in [0.2, 0.25) is 0 Å². The smallest absolute Gasteiger partial charge is 0.341 e. The van der Waals surface area contributed by atoms with Gasteiger partial charge in [-0.25, -0.2) is 4.79 Å². The number of ether oxygens (including phenoxy) is 1. The van der Waals surface area contributed by atoms with Crippen LogP contribution in [0.2, 0.25) is 0 Å². The molecule has 0 amide bonds. The van der Waals surface area contributed by atoms with Crippen molar-refractivity contribution >= 4 is 32.8 Å². The number of benzene rings is 1. The number of carbonyl (C=O) groups is 1. The summed E-state index contributed by atoms with van der Waals surface area (Å²) in [5.74, 6) is -0.321. The van der Waals surface area contributed by atoms with E-state index in [4.69, 9.17) is 4.74 Å². The Morgan fingerprint density at radius 3 is 2.73 bits per heavy atom. The predicted octanol–water partition coefficient (Wildman–Crippen LogP) is 2.73. The lowest BCUT2D eigenvalue weighted by Crippen LogP contribution is -2.01. The van der Waals surface area contributed by atoms with Gasteiger partial charge in [0.05, 0.1) is 12.7 Å². The Morgan fingerprint density at radius 1 is 1.40 bits per heavy atom. The third-order valence-corrected chi connectivity index (χ3v) is 3.35. The van der Waals surface area contributed by atoms with Crippen LogP contribution in [0.15, 0.2) is 28.9 Å². The summed E-state index contributed by atoms with van der Waals surface area (Å²) in [6.07, 6.45) is 0. The number of halogens is 1. The Kier molecular flexibility index (Phi) is 2.52. The van der Waals surface area contributed by atoms with Gasteiger partial charge in [-0.1, -0.05) is 18.2 Å². The largest absolute Gasteiger partial charge is 0.465 e. The summed E-state index contributed by atoms with van der Waals surface area (Å²) in [5, 5.41) is 0.902. The van der Waals surface area contributed by atoms with Gasteiger partial charge in [-0.15, -0.1) is 0 Å². The van der Waals surface area contributed by atoms with E-state index >= 15 is 0 Å². The van der Waals surface area contributed by atoms with Crippen LogP contribution in [-0.4, -0.2) is 17.6 Å². The fourth-order valence-electron chi connectivity index (χ4n) is 1.66. The van der Waals surface area contributed by atoms with E-state index in [1.165, 1.54) is 7.11 Å². The normalized spacial score (nSPS) is 10.6. The predicted molar refractivity (Wildman–Crippen MR) is 62.0 cm³/mol.